The van der Waals surface area contributed by atoms with E-state index in [-0.39, 0.29) is 5.84 Å². The Labute approximate surface area is 92.7 Å². The fourth-order valence-corrected chi connectivity index (χ4v) is 1.41. The molecular weight excluding hydrogens is 210 g/mol. The largest absolute Gasteiger partial charge is 0.393 e. The van der Waals surface area contributed by atoms with Gasteiger partial charge in [0, 0.05) is 13.2 Å². The third kappa shape index (κ3) is 2.95. The van der Waals surface area contributed by atoms with Crippen molar-refractivity contribution in [3.63, 3.8) is 0 Å². The summed E-state index contributed by atoms with van der Waals surface area (Å²) in [7, 11) is 1.75. The molecule has 1 aromatic rings. The highest BCUT2D eigenvalue weighted by Crippen LogP contribution is 2.16. The zero-order valence-electron chi connectivity index (χ0n) is 8.61. The summed E-state index contributed by atoms with van der Waals surface area (Å²) < 4.78 is 0. The van der Waals surface area contributed by atoms with Gasteiger partial charge >= 0.3 is 0 Å². The lowest BCUT2D eigenvalue weighted by molar-refractivity contribution is 1.03. The van der Waals surface area contributed by atoms with E-state index in [1.54, 1.807) is 19.3 Å². The molecule has 1 rings (SSSR count). The van der Waals surface area contributed by atoms with Gasteiger partial charge in [0.1, 0.15) is 12.2 Å². The molecule has 0 spiro atoms. The molecule has 0 fully saturated rings. The Morgan fingerprint density at radius 2 is 2.33 bits per heavy atom. The Balaban J connectivity index is 3.11. The van der Waals surface area contributed by atoms with Crippen LogP contribution in [0.15, 0.2) is 23.6 Å². The number of thioether (sulfide) groups is 1. The number of amidine groups is 1. The second-order valence-corrected chi connectivity index (χ2v) is 3.53. The molecule has 0 atom stereocenters. The molecule has 0 amide bonds. The minimum atomic E-state index is -0.0184. The number of hydrogen-bond donors (Lipinski definition) is 3. The summed E-state index contributed by atoms with van der Waals surface area (Å²) in [5.41, 5.74) is 6.67. The van der Waals surface area contributed by atoms with Crippen LogP contribution in [0.3, 0.4) is 0 Å². The van der Waals surface area contributed by atoms with E-state index < -0.39 is 0 Å². The fraction of sp³-hybridized carbons (Fsp3) is 0.222. The Morgan fingerprint density at radius 3 is 2.87 bits per heavy atom. The predicted octanol–water partition coefficient (Wildman–Crippen LogP) is 0.695. The Morgan fingerprint density at radius 1 is 1.60 bits per heavy atom. The number of nitrogens with one attached hydrogen (secondary N) is 2. The third-order valence-electron chi connectivity index (χ3n) is 1.71. The van der Waals surface area contributed by atoms with Crippen molar-refractivity contribution < 1.29 is 0 Å². The first-order valence-corrected chi connectivity index (χ1v) is 5.49. The lowest BCUT2D eigenvalue weighted by Gasteiger charge is -2.05. The van der Waals surface area contributed by atoms with Gasteiger partial charge in [0.15, 0.2) is 0 Å². The van der Waals surface area contributed by atoms with E-state index in [1.165, 1.54) is 18.1 Å². The fourth-order valence-electron chi connectivity index (χ4n) is 1.03. The van der Waals surface area contributed by atoms with Crippen molar-refractivity contribution in [2.24, 2.45) is 5.73 Å². The van der Waals surface area contributed by atoms with Crippen molar-refractivity contribution >= 4 is 23.2 Å². The predicted molar refractivity (Wildman–Crippen MR) is 62.8 cm³/mol. The van der Waals surface area contributed by atoms with Crippen LogP contribution in [0.25, 0.3) is 5.57 Å². The monoisotopic (exact) mass is 223 g/mol. The van der Waals surface area contributed by atoms with Gasteiger partial charge in [0.05, 0.1) is 16.3 Å². The molecule has 0 unspecified atom stereocenters. The van der Waals surface area contributed by atoms with Crippen LogP contribution < -0.4 is 11.1 Å². The van der Waals surface area contributed by atoms with Gasteiger partial charge < -0.3 is 11.1 Å². The Hall–Kier alpha value is -1.56. The van der Waals surface area contributed by atoms with Crippen molar-refractivity contribution in [3.05, 3.63) is 24.3 Å². The molecule has 5 nitrogen and oxygen atoms in total. The quantitative estimate of drug-likeness (QED) is 0.302. The van der Waals surface area contributed by atoms with E-state index in [0.717, 1.165) is 5.03 Å². The Bertz CT molecular complexity index is 388. The number of nitrogens with two attached hydrogens (primary N) is 1. The van der Waals surface area contributed by atoms with Crippen molar-refractivity contribution in [2.45, 2.75) is 5.03 Å². The molecule has 0 bridgehead atoms. The summed E-state index contributed by atoms with van der Waals surface area (Å²) in [6.45, 7) is 0. The molecule has 0 aliphatic carbocycles. The number of nitrogens with zero attached hydrogens (tertiary/aromatic N) is 2. The zero-order chi connectivity index (χ0) is 11.3. The van der Waals surface area contributed by atoms with E-state index >= 15 is 0 Å². The van der Waals surface area contributed by atoms with E-state index in [4.69, 9.17) is 11.1 Å². The van der Waals surface area contributed by atoms with Gasteiger partial charge in [0.2, 0.25) is 0 Å². The molecule has 4 N–H and O–H groups in total. The molecule has 0 saturated carbocycles. The second-order valence-electron chi connectivity index (χ2n) is 2.71. The molecule has 1 aromatic heterocycles. The van der Waals surface area contributed by atoms with Gasteiger partial charge in [-0.05, 0) is 12.3 Å². The maximum atomic E-state index is 7.42. The topological polar surface area (TPSA) is 87.7 Å². The van der Waals surface area contributed by atoms with E-state index in [2.05, 4.69) is 15.3 Å². The SMILES string of the molecule is CN/C=C(\C(=N)N)c1cc(SC)ncn1. The summed E-state index contributed by atoms with van der Waals surface area (Å²) >= 11 is 1.52. The number of rotatable bonds is 4. The minimum absolute atomic E-state index is 0.0184. The second kappa shape index (κ2) is 5.35. The van der Waals surface area contributed by atoms with Crippen LogP contribution in [0.5, 0.6) is 0 Å². The van der Waals surface area contributed by atoms with Crippen LogP contribution in [0.2, 0.25) is 0 Å². The average Bonchev–Trinajstić information content (AvgIpc) is 2.25. The first kappa shape index (κ1) is 11.5. The average molecular weight is 223 g/mol. The van der Waals surface area contributed by atoms with Gasteiger partial charge in [-0.1, -0.05) is 0 Å². The number of hydrogen-bond acceptors (Lipinski definition) is 5. The van der Waals surface area contributed by atoms with E-state index in [0.29, 0.717) is 11.3 Å². The summed E-state index contributed by atoms with van der Waals surface area (Å²) in [6.07, 6.45) is 5.05. The van der Waals surface area contributed by atoms with Gasteiger partial charge in [-0.3, -0.25) is 5.41 Å². The van der Waals surface area contributed by atoms with Crippen LogP contribution in [0.4, 0.5) is 0 Å². The number of aromatic nitrogens is 2. The van der Waals surface area contributed by atoms with Crippen molar-refractivity contribution in [1.82, 2.24) is 15.3 Å². The molecule has 1 heterocycles. The zero-order valence-corrected chi connectivity index (χ0v) is 9.43. The van der Waals surface area contributed by atoms with Gasteiger partial charge in [-0.15, -0.1) is 11.8 Å². The first-order chi connectivity index (χ1) is 7.19. The van der Waals surface area contributed by atoms with Crippen molar-refractivity contribution in [1.29, 1.82) is 5.41 Å². The first-order valence-electron chi connectivity index (χ1n) is 4.27. The van der Waals surface area contributed by atoms with Gasteiger partial charge in [-0.25, -0.2) is 9.97 Å². The van der Waals surface area contributed by atoms with E-state index in [9.17, 15) is 0 Å². The summed E-state index contributed by atoms with van der Waals surface area (Å²) in [5, 5.41) is 11.1. The molecule has 0 aromatic carbocycles. The van der Waals surface area contributed by atoms with Crippen LogP contribution in [0.1, 0.15) is 5.69 Å². The van der Waals surface area contributed by atoms with Crippen molar-refractivity contribution in [2.75, 3.05) is 13.3 Å². The summed E-state index contributed by atoms with van der Waals surface area (Å²) in [6, 6.07) is 1.80. The molecule has 0 aliphatic rings. The molecular formula is C9H13N5S. The lowest BCUT2D eigenvalue weighted by atomic mass is 10.2. The van der Waals surface area contributed by atoms with Gasteiger partial charge in [0.25, 0.3) is 0 Å². The van der Waals surface area contributed by atoms with Crippen LogP contribution in [-0.2, 0) is 0 Å². The molecule has 0 radical (unpaired) electrons. The Kier molecular flexibility index (Phi) is 4.11. The summed E-state index contributed by atoms with van der Waals surface area (Å²) in [4.78, 5) is 8.13. The summed E-state index contributed by atoms with van der Waals surface area (Å²) in [5.74, 6) is -0.0184. The maximum absolute atomic E-state index is 7.42. The van der Waals surface area contributed by atoms with Crippen molar-refractivity contribution in [3.8, 4) is 0 Å². The van der Waals surface area contributed by atoms with E-state index in [1.807, 2.05) is 6.26 Å². The van der Waals surface area contributed by atoms with Gasteiger partial charge in [-0.2, -0.15) is 0 Å². The molecule has 15 heavy (non-hydrogen) atoms. The third-order valence-corrected chi connectivity index (χ3v) is 2.35. The maximum Gasteiger partial charge on any atom is 0.126 e. The highest BCUT2D eigenvalue weighted by molar-refractivity contribution is 7.98. The molecule has 6 heteroatoms. The highest BCUT2D eigenvalue weighted by Gasteiger charge is 2.07. The minimum Gasteiger partial charge on any atom is -0.393 e. The molecule has 80 valence electrons. The molecule has 0 saturated heterocycles. The van der Waals surface area contributed by atoms with Crippen LogP contribution >= 0.6 is 11.8 Å². The molecule has 0 aliphatic heterocycles. The lowest BCUT2D eigenvalue weighted by Crippen LogP contribution is -2.15. The normalized spacial score (nSPS) is 11.2. The highest BCUT2D eigenvalue weighted by atomic mass is 32.2. The van der Waals surface area contributed by atoms with Crippen LogP contribution in [0, 0.1) is 5.41 Å². The van der Waals surface area contributed by atoms with Crippen LogP contribution in [-0.4, -0.2) is 29.1 Å². The smallest absolute Gasteiger partial charge is 0.126 e. The standard InChI is InChI=1S/C9H13N5S/c1-12-4-6(9(10)11)7-3-8(15-2)14-5-13-7/h3-5,12H,1-2H3,(H3,10,11)/b6-4-.